The molecule has 19 heavy (non-hydrogen) atoms. The van der Waals surface area contributed by atoms with Crippen LogP contribution in [-0.2, 0) is 16.6 Å². The van der Waals surface area contributed by atoms with Crippen molar-refractivity contribution in [3.8, 4) is 0 Å². The normalized spacial score (nSPS) is 16.0. The Bertz CT molecular complexity index is 556. The molecule has 0 atom stereocenters. The molecule has 1 fully saturated rings. The maximum Gasteiger partial charge on any atom is 0.245 e. The molecule has 1 saturated carbocycles. The second-order valence-electron chi connectivity index (χ2n) is 5.02. The van der Waals surface area contributed by atoms with Crippen molar-refractivity contribution in [1.82, 2.24) is 9.62 Å². The van der Waals surface area contributed by atoms with Gasteiger partial charge in [-0.15, -0.1) is 0 Å². The average molecular weight is 286 g/mol. The highest BCUT2D eigenvalue weighted by Gasteiger charge is 2.30. The van der Waals surface area contributed by atoms with Crippen molar-refractivity contribution in [3.05, 3.63) is 29.6 Å². The van der Waals surface area contributed by atoms with Gasteiger partial charge in [-0.05, 0) is 43.5 Å². The highest BCUT2D eigenvalue weighted by Crippen LogP contribution is 2.31. The zero-order chi connectivity index (χ0) is 14.0. The van der Waals surface area contributed by atoms with Crippen LogP contribution in [0.1, 0.15) is 18.4 Å². The smallest absolute Gasteiger partial charge is 0.245 e. The summed E-state index contributed by atoms with van der Waals surface area (Å²) >= 11 is 0. The Morgan fingerprint density at radius 3 is 2.68 bits per heavy atom. The van der Waals surface area contributed by atoms with Gasteiger partial charge in [-0.3, -0.25) is 0 Å². The van der Waals surface area contributed by atoms with Crippen molar-refractivity contribution >= 4 is 10.0 Å². The molecule has 1 aliphatic carbocycles. The van der Waals surface area contributed by atoms with Crippen LogP contribution in [0.3, 0.4) is 0 Å². The van der Waals surface area contributed by atoms with E-state index in [-0.39, 0.29) is 4.90 Å². The fraction of sp³-hybridized carbons (Fsp3) is 0.538. The molecule has 0 heterocycles. The van der Waals surface area contributed by atoms with E-state index in [4.69, 9.17) is 0 Å². The molecule has 0 aliphatic heterocycles. The summed E-state index contributed by atoms with van der Waals surface area (Å²) < 4.78 is 39.7. The summed E-state index contributed by atoms with van der Waals surface area (Å²) in [6.45, 7) is 0.979. The SMILES string of the molecule is CNCc1ccc(F)c(S(=O)(=O)N(C)CC2CC2)c1. The highest BCUT2D eigenvalue weighted by molar-refractivity contribution is 7.89. The first-order valence-corrected chi connectivity index (χ1v) is 7.78. The van der Waals surface area contributed by atoms with E-state index in [0.717, 1.165) is 18.4 Å². The molecular weight excluding hydrogens is 267 g/mol. The number of nitrogens with zero attached hydrogens (tertiary/aromatic N) is 1. The fourth-order valence-corrected chi connectivity index (χ4v) is 3.35. The standard InChI is InChI=1S/C13H19FN2O2S/c1-15-8-11-5-6-12(14)13(7-11)19(17,18)16(2)9-10-3-4-10/h5-7,10,15H,3-4,8-9H2,1-2H3. The number of nitrogens with one attached hydrogen (secondary N) is 1. The van der Waals surface area contributed by atoms with Gasteiger partial charge in [-0.1, -0.05) is 6.07 Å². The number of hydrogen-bond acceptors (Lipinski definition) is 3. The van der Waals surface area contributed by atoms with Gasteiger partial charge in [-0.2, -0.15) is 0 Å². The van der Waals surface area contributed by atoms with Crippen LogP contribution in [0.4, 0.5) is 4.39 Å². The van der Waals surface area contributed by atoms with E-state index in [1.807, 2.05) is 0 Å². The van der Waals surface area contributed by atoms with Crippen LogP contribution >= 0.6 is 0 Å². The summed E-state index contributed by atoms with van der Waals surface area (Å²) in [5, 5.41) is 2.92. The molecule has 0 bridgehead atoms. The maximum absolute atomic E-state index is 13.8. The number of rotatable bonds is 6. The zero-order valence-corrected chi connectivity index (χ0v) is 12.0. The van der Waals surface area contributed by atoms with Gasteiger partial charge in [-0.25, -0.2) is 17.1 Å². The molecule has 1 aromatic rings. The molecule has 1 aromatic carbocycles. The average Bonchev–Trinajstić information content (AvgIpc) is 3.15. The first kappa shape index (κ1) is 14.4. The van der Waals surface area contributed by atoms with E-state index in [1.165, 1.54) is 23.5 Å². The first-order valence-electron chi connectivity index (χ1n) is 6.34. The molecule has 0 saturated heterocycles. The molecule has 0 spiro atoms. The highest BCUT2D eigenvalue weighted by atomic mass is 32.2. The maximum atomic E-state index is 13.8. The predicted molar refractivity (Wildman–Crippen MR) is 71.7 cm³/mol. The lowest BCUT2D eigenvalue weighted by atomic mass is 10.2. The summed E-state index contributed by atoms with van der Waals surface area (Å²) in [6.07, 6.45) is 2.12. The van der Waals surface area contributed by atoms with E-state index >= 15 is 0 Å². The molecule has 0 amide bonds. The predicted octanol–water partition coefficient (Wildman–Crippen LogP) is 1.58. The van der Waals surface area contributed by atoms with Crippen LogP contribution in [0.5, 0.6) is 0 Å². The van der Waals surface area contributed by atoms with Crippen LogP contribution in [0, 0.1) is 11.7 Å². The number of halogens is 1. The van der Waals surface area contributed by atoms with Crippen molar-refractivity contribution in [2.75, 3.05) is 20.6 Å². The monoisotopic (exact) mass is 286 g/mol. The molecule has 6 heteroatoms. The molecule has 0 radical (unpaired) electrons. The first-order chi connectivity index (χ1) is 8.95. The summed E-state index contributed by atoms with van der Waals surface area (Å²) in [6, 6.07) is 4.21. The van der Waals surface area contributed by atoms with Gasteiger partial charge in [0.1, 0.15) is 10.7 Å². The topological polar surface area (TPSA) is 49.4 Å². The number of sulfonamides is 1. The summed E-state index contributed by atoms with van der Waals surface area (Å²) in [4.78, 5) is -0.233. The van der Waals surface area contributed by atoms with Crippen LogP contribution in [0.2, 0.25) is 0 Å². The van der Waals surface area contributed by atoms with Crippen molar-refractivity contribution < 1.29 is 12.8 Å². The van der Waals surface area contributed by atoms with Crippen molar-refractivity contribution in [2.24, 2.45) is 5.92 Å². The fourth-order valence-electron chi connectivity index (χ4n) is 1.99. The van der Waals surface area contributed by atoms with E-state index in [1.54, 1.807) is 13.1 Å². The van der Waals surface area contributed by atoms with Crippen LogP contribution < -0.4 is 5.32 Å². The van der Waals surface area contributed by atoms with Gasteiger partial charge in [0, 0.05) is 20.1 Å². The number of hydrogen-bond donors (Lipinski definition) is 1. The van der Waals surface area contributed by atoms with E-state index in [9.17, 15) is 12.8 Å². The van der Waals surface area contributed by atoms with Crippen LogP contribution in [0.25, 0.3) is 0 Å². The lowest BCUT2D eigenvalue weighted by Gasteiger charge is -2.17. The molecule has 0 aromatic heterocycles. The molecule has 2 rings (SSSR count). The third-order valence-corrected chi connectivity index (χ3v) is 5.12. The Morgan fingerprint density at radius 2 is 2.11 bits per heavy atom. The second-order valence-corrected chi connectivity index (χ2v) is 7.04. The third kappa shape index (κ3) is 3.32. The largest absolute Gasteiger partial charge is 0.316 e. The molecule has 106 valence electrons. The lowest BCUT2D eigenvalue weighted by molar-refractivity contribution is 0.447. The van der Waals surface area contributed by atoms with Crippen LogP contribution in [0.15, 0.2) is 23.1 Å². The molecule has 0 unspecified atom stereocenters. The Labute approximate surface area is 113 Å². The Balaban J connectivity index is 2.29. The van der Waals surface area contributed by atoms with Crippen molar-refractivity contribution in [3.63, 3.8) is 0 Å². The Kier molecular flexibility index (Phi) is 4.23. The summed E-state index contributed by atoms with van der Waals surface area (Å²) in [7, 11) is -0.463. The van der Waals surface area contributed by atoms with E-state index in [0.29, 0.717) is 19.0 Å². The van der Waals surface area contributed by atoms with E-state index < -0.39 is 15.8 Å². The van der Waals surface area contributed by atoms with Crippen molar-refractivity contribution in [1.29, 1.82) is 0 Å². The minimum Gasteiger partial charge on any atom is -0.316 e. The van der Waals surface area contributed by atoms with Crippen LogP contribution in [-0.4, -0.2) is 33.4 Å². The lowest BCUT2D eigenvalue weighted by Crippen LogP contribution is -2.29. The molecule has 1 N–H and O–H groups in total. The minimum atomic E-state index is -3.73. The second kappa shape index (κ2) is 5.56. The Morgan fingerprint density at radius 1 is 1.42 bits per heavy atom. The van der Waals surface area contributed by atoms with Gasteiger partial charge in [0.05, 0.1) is 0 Å². The van der Waals surface area contributed by atoms with E-state index in [2.05, 4.69) is 5.32 Å². The zero-order valence-electron chi connectivity index (χ0n) is 11.2. The van der Waals surface area contributed by atoms with Gasteiger partial charge in [0.2, 0.25) is 10.0 Å². The number of benzene rings is 1. The molecular formula is C13H19FN2O2S. The Hall–Kier alpha value is -0.980. The molecule has 1 aliphatic rings. The van der Waals surface area contributed by atoms with Gasteiger partial charge >= 0.3 is 0 Å². The summed E-state index contributed by atoms with van der Waals surface area (Å²) in [5.74, 6) is -0.258. The van der Waals surface area contributed by atoms with Crippen molar-refractivity contribution in [2.45, 2.75) is 24.3 Å². The van der Waals surface area contributed by atoms with Gasteiger partial charge < -0.3 is 5.32 Å². The minimum absolute atomic E-state index is 0.233. The van der Waals surface area contributed by atoms with Gasteiger partial charge in [0.15, 0.2) is 0 Å². The molecule has 4 nitrogen and oxygen atoms in total. The van der Waals surface area contributed by atoms with Gasteiger partial charge in [0.25, 0.3) is 0 Å². The summed E-state index contributed by atoms with van der Waals surface area (Å²) in [5.41, 5.74) is 0.752. The third-order valence-electron chi connectivity index (χ3n) is 3.28. The quantitative estimate of drug-likeness (QED) is 0.863.